The van der Waals surface area contributed by atoms with Crippen LogP contribution in [0.4, 0.5) is 5.69 Å². The number of carbonyl (C=O) groups excluding carboxylic acids is 1. The third kappa shape index (κ3) is 5.99. The van der Waals surface area contributed by atoms with Gasteiger partial charge in [-0.05, 0) is 50.2 Å². The van der Waals surface area contributed by atoms with Crippen LogP contribution >= 0.6 is 0 Å². The van der Waals surface area contributed by atoms with Crippen molar-refractivity contribution in [1.29, 1.82) is 0 Å². The van der Waals surface area contributed by atoms with Crippen molar-refractivity contribution in [2.45, 2.75) is 20.3 Å². The topological polar surface area (TPSA) is 66.9 Å². The predicted octanol–water partition coefficient (Wildman–Crippen LogP) is 3.50. The molecule has 0 bridgehead atoms. The van der Waals surface area contributed by atoms with Gasteiger partial charge in [0.15, 0.2) is 0 Å². The molecule has 0 aliphatic rings. The van der Waals surface area contributed by atoms with Crippen LogP contribution in [0.25, 0.3) is 0 Å². The van der Waals surface area contributed by atoms with Gasteiger partial charge in [0.1, 0.15) is 11.5 Å². The fraction of sp³-hybridized carbons (Fsp3) is 0.350. The molecule has 6 nitrogen and oxygen atoms in total. The molecule has 0 aliphatic heterocycles. The molecule has 0 fully saturated rings. The first-order chi connectivity index (χ1) is 12.8. The van der Waals surface area contributed by atoms with E-state index in [2.05, 4.69) is 0 Å². The van der Waals surface area contributed by atoms with E-state index in [0.29, 0.717) is 30.3 Å². The van der Waals surface area contributed by atoms with E-state index in [1.165, 1.54) is 4.31 Å². The molecule has 0 saturated carbocycles. The zero-order valence-electron chi connectivity index (χ0n) is 16.0. The molecule has 0 unspecified atom stereocenters. The summed E-state index contributed by atoms with van der Waals surface area (Å²) >= 11 is 0. The van der Waals surface area contributed by atoms with E-state index in [-0.39, 0.29) is 18.9 Å². The summed E-state index contributed by atoms with van der Waals surface area (Å²) in [4.78, 5) is 13.9. The summed E-state index contributed by atoms with van der Waals surface area (Å²) in [5, 5.41) is 0. The van der Waals surface area contributed by atoms with Crippen LogP contribution in [0.5, 0.6) is 11.5 Å². The summed E-state index contributed by atoms with van der Waals surface area (Å²) in [7, 11) is -3.50. The molecule has 0 spiro atoms. The smallest absolute Gasteiger partial charge is 0.232 e. The lowest BCUT2D eigenvalue weighted by Crippen LogP contribution is -2.36. The Bertz CT molecular complexity index is 832. The van der Waals surface area contributed by atoms with Gasteiger partial charge in [0.05, 0.1) is 11.9 Å². The van der Waals surface area contributed by atoms with Crippen LogP contribution in [0.15, 0.2) is 54.6 Å². The number of benzene rings is 2. The molecular weight excluding hydrogens is 364 g/mol. The maximum absolute atomic E-state index is 12.2. The van der Waals surface area contributed by atoms with Crippen LogP contribution in [-0.2, 0) is 14.8 Å². The van der Waals surface area contributed by atoms with E-state index in [1.807, 2.05) is 44.2 Å². The molecule has 2 aromatic rings. The van der Waals surface area contributed by atoms with Gasteiger partial charge in [0.2, 0.25) is 15.9 Å². The lowest BCUT2D eigenvalue weighted by atomic mass is 10.2. The Morgan fingerprint density at radius 1 is 0.926 bits per heavy atom. The normalized spacial score (nSPS) is 11.1. The minimum absolute atomic E-state index is 0.0577. The van der Waals surface area contributed by atoms with Crippen molar-refractivity contribution in [2.24, 2.45) is 0 Å². The molecule has 0 N–H and O–H groups in total. The SMILES string of the molecule is CCN(CC)C(=O)CCN(c1ccc(Oc2ccccc2)cc1)S(C)(=O)=O. The van der Waals surface area contributed by atoms with Crippen molar-refractivity contribution in [3.63, 3.8) is 0 Å². The molecule has 2 rings (SSSR count). The van der Waals surface area contributed by atoms with Crippen LogP contribution in [0.2, 0.25) is 0 Å². The van der Waals surface area contributed by atoms with E-state index in [0.717, 1.165) is 6.26 Å². The van der Waals surface area contributed by atoms with Gasteiger partial charge in [0.25, 0.3) is 0 Å². The molecule has 7 heteroatoms. The Balaban J connectivity index is 2.11. The van der Waals surface area contributed by atoms with E-state index < -0.39 is 10.0 Å². The highest BCUT2D eigenvalue weighted by Crippen LogP contribution is 2.25. The van der Waals surface area contributed by atoms with Crippen molar-refractivity contribution in [2.75, 3.05) is 30.2 Å². The number of para-hydroxylation sites is 1. The van der Waals surface area contributed by atoms with E-state index in [4.69, 9.17) is 4.74 Å². The Labute approximate surface area is 161 Å². The molecule has 27 heavy (non-hydrogen) atoms. The maximum atomic E-state index is 12.2. The highest BCUT2D eigenvalue weighted by Gasteiger charge is 2.20. The van der Waals surface area contributed by atoms with Crippen LogP contribution in [0.1, 0.15) is 20.3 Å². The Morgan fingerprint density at radius 2 is 1.48 bits per heavy atom. The Hall–Kier alpha value is -2.54. The molecule has 0 saturated heterocycles. The van der Waals surface area contributed by atoms with Gasteiger partial charge < -0.3 is 9.64 Å². The number of nitrogens with zero attached hydrogens (tertiary/aromatic N) is 2. The van der Waals surface area contributed by atoms with Crippen LogP contribution in [-0.4, -0.2) is 45.1 Å². The van der Waals surface area contributed by atoms with Crippen LogP contribution < -0.4 is 9.04 Å². The van der Waals surface area contributed by atoms with Crippen LogP contribution in [0.3, 0.4) is 0 Å². The number of ether oxygens (including phenoxy) is 1. The second-order valence-corrected chi connectivity index (χ2v) is 7.97. The standard InChI is InChI=1S/C20H26N2O4S/c1-4-21(5-2)20(23)15-16-22(27(3,24)25)17-11-13-19(14-12-17)26-18-9-7-6-8-10-18/h6-14H,4-5,15-16H2,1-3H3. The first-order valence-corrected chi connectivity index (χ1v) is 10.8. The zero-order chi connectivity index (χ0) is 19.9. The van der Waals surface area contributed by atoms with Gasteiger partial charge in [-0.2, -0.15) is 0 Å². The number of anilines is 1. The minimum Gasteiger partial charge on any atom is -0.457 e. The number of hydrogen-bond donors (Lipinski definition) is 0. The Kier molecular flexibility index (Phi) is 7.24. The van der Waals surface area contributed by atoms with Crippen molar-refractivity contribution in [1.82, 2.24) is 4.90 Å². The summed E-state index contributed by atoms with van der Waals surface area (Å²) in [6.45, 7) is 5.13. The number of carbonyl (C=O) groups is 1. The van der Waals surface area contributed by atoms with E-state index in [1.54, 1.807) is 29.2 Å². The third-order valence-corrected chi connectivity index (χ3v) is 5.34. The summed E-state index contributed by atoms with van der Waals surface area (Å²) in [5.74, 6) is 1.25. The van der Waals surface area contributed by atoms with Crippen LogP contribution in [0, 0.1) is 0 Å². The Morgan fingerprint density at radius 3 is 2.00 bits per heavy atom. The first-order valence-electron chi connectivity index (χ1n) is 8.93. The summed E-state index contributed by atoms with van der Waals surface area (Å²) in [6, 6.07) is 16.1. The molecular formula is C20H26N2O4S. The highest BCUT2D eigenvalue weighted by atomic mass is 32.2. The van der Waals surface area contributed by atoms with Gasteiger partial charge >= 0.3 is 0 Å². The third-order valence-electron chi connectivity index (χ3n) is 4.15. The van der Waals surface area contributed by atoms with Crippen molar-refractivity contribution in [3.8, 4) is 11.5 Å². The predicted molar refractivity (Wildman–Crippen MR) is 108 cm³/mol. The molecule has 146 valence electrons. The lowest BCUT2D eigenvalue weighted by molar-refractivity contribution is -0.130. The minimum atomic E-state index is -3.50. The average molecular weight is 391 g/mol. The summed E-state index contributed by atoms with van der Waals surface area (Å²) in [5.41, 5.74) is 0.505. The number of hydrogen-bond acceptors (Lipinski definition) is 4. The zero-order valence-corrected chi connectivity index (χ0v) is 16.8. The first kappa shape index (κ1) is 20.8. The second kappa shape index (κ2) is 9.41. The van der Waals surface area contributed by atoms with Gasteiger partial charge in [-0.1, -0.05) is 18.2 Å². The lowest BCUT2D eigenvalue weighted by Gasteiger charge is -2.24. The molecule has 0 atom stereocenters. The van der Waals surface area contributed by atoms with Gasteiger partial charge in [-0.25, -0.2) is 8.42 Å². The quantitative estimate of drug-likeness (QED) is 0.657. The van der Waals surface area contributed by atoms with E-state index >= 15 is 0 Å². The maximum Gasteiger partial charge on any atom is 0.232 e. The number of sulfonamides is 1. The monoisotopic (exact) mass is 390 g/mol. The molecule has 0 heterocycles. The fourth-order valence-electron chi connectivity index (χ4n) is 2.72. The fourth-order valence-corrected chi connectivity index (χ4v) is 3.65. The molecule has 0 aromatic heterocycles. The molecule has 1 amide bonds. The number of amides is 1. The second-order valence-electron chi connectivity index (χ2n) is 6.06. The molecule has 0 aliphatic carbocycles. The molecule has 2 aromatic carbocycles. The molecule has 0 radical (unpaired) electrons. The van der Waals surface area contributed by atoms with Gasteiger partial charge in [-0.3, -0.25) is 9.10 Å². The number of rotatable bonds is 9. The van der Waals surface area contributed by atoms with Crippen molar-refractivity contribution in [3.05, 3.63) is 54.6 Å². The highest BCUT2D eigenvalue weighted by molar-refractivity contribution is 7.92. The average Bonchev–Trinajstić information content (AvgIpc) is 2.64. The van der Waals surface area contributed by atoms with E-state index in [9.17, 15) is 13.2 Å². The largest absolute Gasteiger partial charge is 0.457 e. The van der Waals surface area contributed by atoms with Crippen molar-refractivity contribution >= 4 is 21.6 Å². The summed E-state index contributed by atoms with van der Waals surface area (Å²) in [6.07, 6.45) is 1.28. The van der Waals surface area contributed by atoms with Gasteiger partial charge in [-0.15, -0.1) is 0 Å². The van der Waals surface area contributed by atoms with Crippen molar-refractivity contribution < 1.29 is 17.9 Å². The van der Waals surface area contributed by atoms with Gasteiger partial charge in [0, 0.05) is 26.1 Å². The summed E-state index contributed by atoms with van der Waals surface area (Å²) < 4.78 is 31.4.